The molecule has 2 heterocycles. The van der Waals surface area contributed by atoms with Crippen molar-refractivity contribution in [2.45, 2.75) is 27.2 Å². The van der Waals surface area contributed by atoms with Crippen LogP contribution < -0.4 is 0 Å². The van der Waals surface area contributed by atoms with E-state index in [1.807, 2.05) is 0 Å². The maximum atomic E-state index is 11.3. The van der Waals surface area contributed by atoms with Gasteiger partial charge in [-0.1, -0.05) is 50.7 Å². The standard InChI is InChI=1S/C7H6BrCl3O2/c8-5-3-1-2(12)6(13-3)4(5)7(9,10)11/h3-6H,1H2/t3-,4-,5+,6+/m0/s1. The lowest BCUT2D eigenvalue weighted by atomic mass is 9.89. The van der Waals surface area contributed by atoms with Gasteiger partial charge in [-0.25, -0.2) is 0 Å². The van der Waals surface area contributed by atoms with E-state index in [9.17, 15) is 4.79 Å². The zero-order valence-electron chi connectivity index (χ0n) is 6.34. The number of hydrogen-bond acceptors (Lipinski definition) is 2. The first-order chi connectivity index (χ1) is 5.91. The van der Waals surface area contributed by atoms with Crippen molar-refractivity contribution in [3.8, 4) is 0 Å². The summed E-state index contributed by atoms with van der Waals surface area (Å²) in [5, 5.41) is 0. The molecule has 13 heavy (non-hydrogen) atoms. The molecular formula is C7H6BrCl3O2. The van der Waals surface area contributed by atoms with Gasteiger partial charge in [-0.05, 0) is 0 Å². The van der Waals surface area contributed by atoms with Crippen LogP contribution in [0.3, 0.4) is 0 Å². The Morgan fingerprint density at radius 1 is 1.46 bits per heavy atom. The average Bonchev–Trinajstić information content (AvgIpc) is 2.41. The van der Waals surface area contributed by atoms with Gasteiger partial charge < -0.3 is 4.74 Å². The van der Waals surface area contributed by atoms with E-state index in [1.165, 1.54) is 0 Å². The second-order valence-corrected chi connectivity index (χ2v) is 6.70. The predicted octanol–water partition coefficient (Wildman–Crippen LogP) is 2.48. The fourth-order valence-electron chi connectivity index (χ4n) is 1.85. The van der Waals surface area contributed by atoms with E-state index in [1.54, 1.807) is 0 Å². The fourth-order valence-corrected chi connectivity index (χ4v) is 4.04. The smallest absolute Gasteiger partial charge is 0.197 e. The first-order valence-electron chi connectivity index (χ1n) is 3.80. The van der Waals surface area contributed by atoms with Crippen LogP contribution in [-0.4, -0.2) is 26.6 Å². The van der Waals surface area contributed by atoms with E-state index in [0.29, 0.717) is 6.42 Å². The third kappa shape index (κ3) is 1.63. The number of halogens is 4. The molecule has 2 fully saturated rings. The van der Waals surface area contributed by atoms with Crippen molar-refractivity contribution in [1.82, 2.24) is 0 Å². The molecule has 0 aromatic heterocycles. The number of ketones is 1. The molecular weight excluding hydrogens is 302 g/mol. The third-order valence-corrected chi connectivity index (χ3v) is 4.36. The summed E-state index contributed by atoms with van der Waals surface area (Å²) < 4.78 is 3.95. The molecule has 2 bridgehead atoms. The maximum Gasteiger partial charge on any atom is 0.197 e. The maximum absolute atomic E-state index is 11.3. The van der Waals surface area contributed by atoms with Gasteiger partial charge in [0.05, 0.1) is 16.8 Å². The molecule has 0 amide bonds. The predicted molar refractivity (Wildman–Crippen MR) is 54.8 cm³/mol. The Kier molecular flexibility index (Phi) is 2.62. The molecule has 2 aliphatic heterocycles. The highest BCUT2D eigenvalue weighted by Gasteiger charge is 2.59. The van der Waals surface area contributed by atoms with Crippen LogP contribution in [0.5, 0.6) is 0 Å². The van der Waals surface area contributed by atoms with Crippen molar-refractivity contribution in [3.63, 3.8) is 0 Å². The molecule has 0 aromatic carbocycles. The van der Waals surface area contributed by atoms with Crippen LogP contribution in [0.2, 0.25) is 0 Å². The third-order valence-electron chi connectivity index (χ3n) is 2.44. The summed E-state index contributed by atoms with van der Waals surface area (Å²) in [6.45, 7) is 0. The van der Waals surface area contributed by atoms with E-state index in [0.717, 1.165) is 0 Å². The first-order valence-corrected chi connectivity index (χ1v) is 5.85. The summed E-state index contributed by atoms with van der Waals surface area (Å²) in [6.07, 6.45) is -0.238. The summed E-state index contributed by atoms with van der Waals surface area (Å²) in [6, 6.07) is 0. The molecule has 0 spiro atoms. The summed E-state index contributed by atoms with van der Waals surface area (Å²) in [4.78, 5) is 11.3. The summed E-state index contributed by atoms with van der Waals surface area (Å²) in [5.41, 5.74) is 0. The Morgan fingerprint density at radius 3 is 2.46 bits per heavy atom. The number of rotatable bonds is 0. The van der Waals surface area contributed by atoms with E-state index in [-0.39, 0.29) is 22.6 Å². The van der Waals surface area contributed by atoms with E-state index >= 15 is 0 Å². The SMILES string of the molecule is O=C1C[C@@H]2O[C@H]1[C@@H](C(Cl)(Cl)Cl)[C@@H]2Br. The Balaban J connectivity index is 2.26. The highest BCUT2D eigenvalue weighted by atomic mass is 79.9. The van der Waals surface area contributed by atoms with Crippen LogP contribution in [0.25, 0.3) is 0 Å². The number of alkyl halides is 4. The monoisotopic (exact) mass is 306 g/mol. The molecule has 0 unspecified atom stereocenters. The van der Waals surface area contributed by atoms with Gasteiger partial charge in [0, 0.05) is 6.42 Å². The normalized spacial score (nSPS) is 44.5. The number of ether oxygens (including phenoxy) is 1. The van der Waals surface area contributed by atoms with E-state index in [4.69, 9.17) is 39.5 Å². The van der Waals surface area contributed by atoms with Crippen LogP contribution >= 0.6 is 50.7 Å². The molecule has 0 N–H and O–H groups in total. The largest absolute Gasteiger partial charge is 0.365 e. The fraction of sp³-hybridized carbons (Fsp3) is 0.857. The highest BCUT2D eigenvalue weighted by Crippen LogP contribution is 2.51. The summed E-state index contributed by atoms with van der Waals surface area (Å²) in [5.74, 6) is -0.333. The van der Waals surface area contributed by atoms with Gasteiger partial charge in [-0.3, -0.25) is 4.79 Å². The minimum absolute atomic E-state index is 0.0389. The molecule has 0 saturated carbocycles. The lowest BCUT2D eigenvalue weighted by molar-refractivity contribution is -0.123. The minimum Gasteiger partial charge on any atom is -0.365 e. The second kappa shape index (κ2) is 3.24. The van der Waals surface area contributed by atoms with Crippen LogP contribution in [0.1, 0.15) is 6.42 Å². The average molecular weight is 308 g/mol. The number of carbonyl (C=O) groups is 1. The molecule has 6 heteroatoms. The molecule has 0 aliphatic carbocycles. The molecule has 0 aromatic rings. The Hall–Kier alpha value is 0.980. The Labute approximate surface area is 99.0 Å². The molecule has 74 valence electrons. The number of Topliss-reactive ketones (excluding diaryl/α,β-unsaturated/α-hetero) is 1. The van der Waals surface area contributed by atoms with Crippen molar-refractivity contribution >= 4 is 56.5 Å². The van der Waals surface area contributed by atoms with Gasteiger partial charge in [0.1, 0.15) is 6.10 Å². The van der Waals surface area contributed by atoms with Gasteiger partial charge >= 0.3 is 0 Å². The molecule has 2 saturated heterocycles. The highest BCUT2D eigenvalue weighted by molar-refractivity contribution is 9.09. The van der Waals surface area contributed by atoms with Crippen LogP contribution in [0.15, 0.2) is 0 Å². The molecule has 0 radical (unpaired) electrons. The summed E-state index contributed by atoms with van der Waals surface area (Å²) >= 11 is 20.7. The van der Waals surface area contributed by atoms with Crippen molar-refractivity contribution < 1.29 is 9.53 Å². The van der Waals surface area contributed by atoms with Crippen molar-refractivity contribution in [2.75, 3.05) is 0 Å². The van der Waals surface area contributed by atoms with Gasteiger partial charge in [0.2, 0.25) is 0 Å². The van der Waals surface area contributed by atoms with Crippen molar-refractivity contribution in [3.05, 3.63) is 0 Å². The zero-order valence-corrected chi connectivity index (χ0v) is 10.2. The van der Waals surface area contributed by atoms with Gasteiger partial charge in [0.25, 0.3) is 0 Å². The topological polar surface area (TPSA) is 26.3 Å². The van der Waals surface area contributed by atoms with Crippen LogP contribution in [0, 0.1) is 5.92 Å². The number of carbonyl (C=O) groups excluding carboxylic acids is 1. The lowest BCUT2D eigenvalue weighted by Crippen LogP contribution is -2.41. The molecule has 4 atom stereocenters. The zero-order chi connectivity index (χ0) is 9.80. The van der Waals surface area contributed by atoms with Gasteiger partial charge in [-0.15, -0.1) is 0 Å². The van der Waals surface area contributed by atoms with Crippen LogP contribution in [-0.2, 0) is 9.53 Å². The first kappa shape index (κ1) is 10.5. The Bertz CT molecular complexity index is 253. The quantitative estimate of drug-likeness (QED) is 0.643. The molecule has 2 rings (SSSR count). The molecule has 2 aliphatic rings. The van der Waals surface area contributed by atoms with Gasteiger partial charge in [0.15, 0.2) is 9.58 Å². The van der Waals surface area contributed by atoms with Crippen molar-refractivity contribution in [2.24, 2.45) is 5.92 Å². The number of fused-ring (bicyclic) bond motifs is 2. The lowest BCUT2D eigenvalue weighted by Gasteiger charge is -2.28. The van der Waals surface area contributed by atoms with Crippen molar-refractivity contribution in [1.29, 1.82) is 0 Å². The number of hydrogen-bond donors (Lipinski definition) is 0. The minimum atomic E-state index is -1.44. The molecule has 2 nitrogen and oxygen atoms in total. The van der Waals surface area contributed by atoms with E-state index in [2.05, 4.69) is 15.9 Å². The second-order valence-electron chi connectivity index (χ2n) is 3.28. The van der Waals surface area contributed by atoms with Gasteiger partial charge in [-0.2, -0.15) is 0 Å². The van der Waals surface area contributed by atoms with Crippen LogP contribution in [0.4, 0.5) is 0 Å². The Morgan fingerprint density at radius 2 is 2.08 bits per heavy atom. The van der Waals surface area contributed by atoms with E-state index < -0.39 is 9.90 Å². The summed E-state index contributed by atoms with van der Waals surface area (Å²) in [7, 11) is 0.